The number of carbonyl (C=O) groups excluding carboxylic acids is 1. The number of anilines is 1. The Morgan fingerprint density at radius 1 is 1.03 bits per heavy atom. The van der Waals surface area contributed by atoms with Crippen LogP contribution in [0.4, 0.5) is 5.69 Å². The molecule has 8 heteroatoms. The second-order valence-electron chi connectivity index (χ2n) is 7.56. The number of carbonyl (C=O) groups is 1. The fourth-order valence-electron chi connectivity index (χ4n) is 3.77. The average molecular weight is 471 g/mol. The molecule has 1 aliphatic carbocycles. The van der Waals surface area contributed by atoms with E-state index in [-0.39, 0.29) is 34.2 Å². The number of fused-ring (bicyclic) bond motifs is 1. The number of amides is 1. The van der Waals surface area contributed by atoms with Gasteiger partial charge in [-0.25, -0.2) is 8.42 Å². The molecule has 0 aromatic heterocycles. The number of nitrogens with one attached hydrogen (secondary N) is 2. The van der Waals surface area contributed by atoms with E-state index in [1.165, 1.54) is 23.8 Å². The monoisotopic (exact) mass is 470 g/mol. The van der Waals surface area contributed by atoms with E-state index in [9.17, 15) is 13.2 Å². The summed E-state index contributed by atoms with van der Waals surface area (Å²) < 4.78 is 33.2. The van der Waals surface area contributed by atoms with Crippen molar-refractivity contribution < 1.29 is 17.9 Å². The summed E-state index contributed by atoms with van der Waals surface area (Å²) in [5.74, 6) is -0.0188. The lowest BCUT2D eigenvalue weighted by Crippen LogP contribution is -2.34. The minimum atomic E-state index is -3.80. The zero-order valence-electron chi connectivity index (χ0n) is 17.3. The van der Waals surface area contributed by atoms with Crippen LogP contribution < -0.4 is 14.8 Å². The van der Waals surface area contributed by atoms with Crippen molar-refractivity contribution in [1.82, 2.24) is 5.32 Å². The zero-order valence-corrected chi connectivity index (χ0v) is 18.8. The molecule has 0 aliphatic heterocycles. The van der Waals surface area contributed by atoms with Crippen LogP contribution in [0, 0.1) is 0 Å². The molecule has 1 amide bonds. The summed E-state index contributed by atoms with van der Waals surface area (Å²) in [4.78, 5) is 12.5. The van der Waals surface area contributed by atoms with Gasteiger partial charge >= 0.3 is 0 Å². The Balaban J connectivity index is 1.38. The van der Waals surface area contributed by atoms with Crippen molar-refractivity contribution in [2.75, 3.05) is 11.3 Å². The highest BCUT2D eigenvalue weighted by Gasteiger charge is 2.22. The van der Waals surface area contributed by atoms with Gasteiger partial charge in [-0.2, -0.15) is 0 Å². The first-order chi connectivity index (χ1) is 15.4. The van der Waals surface area contributed by atoms with Crippen LogP contribution in [0.3, 0.4) is 0 Å². The SMILES string of the molecule is O=C(COc1ccc(S(=O)(=O)Nc2ccccc2)cc1Cl)NC1CCCc2ccccc21. The van der Waals surface area contributed by atoms with Crippen molar-refractivity contribution >= 4 is 33.2 Å². The van der Waals surface area contributed by atoms with E-state index in [0.29, 0.717) is 5.69 Å². The third-order valence-corrected chi connectivity index (χ3v) is 6.98. The maximum atomic E-state index is 12.6. The van der Waals surface area contributed by atoms with Gasteiger partial charge in [0.1, 0.15) is 5.75 Å². The number of sulfonamides is 1. The van der Waals surface area contributed by atoms with E-state index in [1.54, 1.807) is 30.3 Å². The molecule has 0 saturated heterocycles. The molecule has 1 atom stereocenters. The molecule has 1 aliphatic rings. The zero-order chi connectivity index (χ0) is 22.6. The van der Waals surface area contributed by atoms with E-state index in [1.807, 2.05) is 18.2 Å². The van der Waals surface area contributed by atoms with Gasteiger partial charge in [0, 0.05) is 5.69 Å². The number of para-hydroxylation sites is 1. The topological polar surface area (TPSA) is 84.5 Å². The molecule has 6 nitrogen and oxygen atoms in total. The maximum Gasteiger partial charge on any atom is 0.261 e. The fraction of sp³-hybridized carbons (Fsp3) is 0.208. The van der Waals surface area contributed by atoms with Crippen LogP contribution in [0.25, 0.3) is 0 Å². The number of aryl methyl sites for hydroxylation is 1. The Morgan fingerprint density at radius 3 is 2.56 bits per heavy atom. The molecule has 166 valence electrons. The van der Waals surface area contributed by atoms with Gasteiger partial charge in [-0.05, 0) is 60.7 Å². The highest BCUT2D eigenvalue weighted by Crippen LogP contribution is 2.30. The van der Waals surface area contributed by atoms with Gasteiger partial charge in [0.25, 0.3) is 15.9 Å². The third-order valence-electron chi connectivity index (χ3n) is 5.30. The molecule has 0 radical (unpaired) electrons. The van der Waals surface area contributed by atoms with Crippen molar-refractivity contribution in [2.45, 2.75) is 30.2 Å². The van der Waals surface area contributed by atoms with Gasteiger partial charge < -0.3 is 10.1 Å². The highest BCUT2D eigenvalue weighted by atomic mass is 35.5. The average Bonchev–Trinajstić information content (AvgIpc) is 2.79. The number of ether oxygens (including phenoxy) is 1. The molecule has 32 heavy (non-hydrogen) atoms. The predicted octanol–water partition coefficient (Wildman–Crippen LogP) is 4.71. The number of rotatable bonds is 7. The molecule has 2 N–H and O–H groups in total. The van der Waals surface area contributed by atoms with Gasteiger partial charge in [-0.1, -0.05) is 54.1 Å². The Kier molecular flexibility index (Phi) is 6.67. The standard InChI is InChI=1S/C24H23ClN2O4S/c25-21-15-19(32(29,30)27-18-9-2-1-3-10-18)13-14-23(21)31-16-24(28)26-22-12-6-8-17-7-4-5-11-20(17)22/h1-5,7,9-11,13-15,22,27H,6,8,12,16H2,(H,26,28). The summed E-state index contributed by atoms with van der Waals surface area (Å²) in [5, 5.41) is 3.12. The predicted molar refractivity (Wildman–Crippen MR) is 124 cm³/mol. The number of hydrogen-bond acceptors (Lipinski definition) is 4. The van der Waals surface area contributed by atoms with Crippen LogP contribution in [-0.2, 0) is 21.2 Å². The highest BCUT2D eigenvalue weighted by molar-refractivity contribution is 7.92. The van der Waals surface area contributed by atoms with Crippen LogP contribution in [-0.4, -0.2) is 20.9 Å². The van der Waals surface area contributed by atoms with Crippen LogP contribution in [0.2, 0.25) is 5.02 Å². The Hall–Kier alpha value is -3.03. The van der Waals surface area contributed by atoms with Crippen LogP contribution in [0.15, 0.2) is 77.7 Å². The molecule has 0 saturated carbocycles. The van der Waals surface area contributed by atoms with Crippen molar-refractivity contribution in [3.8, 4) is 5.75 Å². The number of halogens is 1. The summed E-state index contributed by atoms with van der Waals surface area (Å²) in [6.45, 7) is -0.216. The summed E-state index contributed by atoms with van der Waals surface area (Å²) >= 11 is 6.23. The minimum Gasteiger partial charge on any atom is -0.482 e. The molecule has 4 rings (SSSR count). The molecule has 0 heterocycles. The minimum absolute atomic E-state index is 0.00182. The molecular formula is C24H23ClN2O4S. The van der Waals surface area contributed by atoms with E-state index in [2.05, 4.69) is 16.1 Å². The van der Waals surface area contributed by atoms with Crippen molar-refractivity contribution in [1.29, 1.82) is 0 Å². The van der Waals surface area contributed by atoms with Crippen molar-refractivity contribution in [3.05, 3.63) is 88.9 Å². The lowest BCUT2D eigenvalue weighted by molar-refractivity contribution is -0.123. The van der Waals surface area contributed by atoms with Crippen molar-refractivity contribution in [2.24, 2.45) is 0 Å². The summed E-state index contributed by atoms with van der Waals surface area (Å²) in [7, 11) is -3.80. The first kappa shape index (κ1) is 22.2. The van der Waals surface area contributed by atoms with Gasteiger partial charge in [0.15, 0.2) is 6.61 Å². The maximum absolute atomic E-state index is 12.6. The fourth-order valence-corrected chi connectivity index (χ4v) is 5.15. The Labute approximate surface area is 192 Å². The second-order valence-corrected chi connectivity index (χ2v) is 9.65. The van der Waals surface area contributed by atoms with Gasteiger partial charge in [-0.3, -0.25) is 9.52 Å². The number of hydrogen-bond donors (Lipinski definition) is 2. The van der Waals surface area contributed by atoms with Crippen LogP contribution >= 0.6 is 11.6 Å². The first-order valence-electron chi connectivity index (χ1n) is 10.3. The largest absolute Gasteiger partial charge is 0.482 e. The lowest BCUT2D eigenvalue weighted by atomic mass is 9.88. The lowest BCUT2D eigenvalue weighted by Gasteiger charge is -2.26. The van der Waals surface area contributed by atoms with E-state index < -0.39 is 10.0 Å². The Morgan fingerprint density at radius 2 is 1.78 bits per heavy atom. The molecule has 0 spiro atoms. The van der Waals surface area contributed by atoms with Crippen LogP contribution in [0.5, 0.6) is 5.75 Å². The molecule has 3 aromatic carbocycles. The summed E-state index contributed by atoms with van der Waals surface area (Å²) in [5.41, 5.74) is 2.85. The summed E-state index contributed by atoms with van der Waals surface area (Å²) in [6, 6.07) is 20.8. The van der Waals surface area contributed by atoms with Gasteiger partial charge in [-0.15, -0.1) is 0 Å². The normalized spacial score (nSPS) is 15.5. The smallest absolute Gasteiger partial charge is 0.261 e. The summed E-state index contributed by atoms with van der Waals surface area (Å²) in [6.07, 6.45) is 2.91. The van der Waals surface area contributed by atoms with Crippen LogP contribution in [0.1, 0.15) is 30.0 Å². The van der Waals surface area contributed by atoms with Gasteiger partial charge in [0.05, 0.1) is 16.0 Å². The number of benzene rings is 3. The van der Waals surface area contributed by atoms with Crippen molar-refractivity contribution in [3.63, 3.8) is 0 Å². The quantitative estimate of drug-likeness (QED) is 0.523. The molecule has 1 unspecified atom stereocenters. The third kappa shape index (κ3) is 5.23. The second kappa shape index (κ2) is 9.63. The molecule has 0 bridgehead atoms. The molecule has 3 aromatic rings. The first-order valence-corrected chi connectivity index (χ1v) is 12.2. The molecule has 0 fully saturated rings. The Bertz CT molecular complexity index is 1220. The van der Waals surface area contributed by atoms with E-state index in [4.69, 9.17) is 16.3 Å². The van der Waals surface area contributed by atoms with E-state index in [0.717, 1.165) is 24.8 Å². The van der Waals surface area contributed by atoms with E-state index >= 15 is 0 Å². The van der Waals surface area contributed by atoms with Gasteiger partial charge in [0.2, 0.25) is 0 Å². The molecular weight excluding hydrogens is 448 g/mol.